The van der Waals surface area contributed by atoms with E-state index in [1.165, 1.54) is 0 Å². The molecule has 1 heterocycles. The van der Waals surface area contributed by atoms with Crippen molar-refractivity contribution in [3.8, 4) is 0 Å². The summed E-state index contributed by atoms with van der Waals surface area (Å²) in [6.45, 7) is 4.12. The largest absolute Gasteiger partial charge is 0.375 e. The van der Waals surface area contributed by atoms with Crippen molar-refractivity contribution in [2.75, 3.05) is 11.9 Å². The Hall–Kier alpha value is -1.10. The fourth-order valence-corrected chi connectivity index (χ4v) is 1.43. The Morgan fingerprint density at radius 1 is 1.53 bits per heavy atom. The Morgan fingerprint density at radius 2 is 2.27 bits per heavy atom. The van der Waals surface area contributed by atoms with E-state index >= 15 is 0 Å². The summed E-state index contributed by atoms with van der Waals surface area (Å²) in [5.41, 5.74) is 0.822. The fourth-order valence-electron chi connectivity index (χ4n) is 1.06. The average molecular weight is 272 g/mol. The number of carbonyl (C=O) groups is 1. The minimum absolute atomic E-state index is 0.0232. The molecule has 0 bridgehead atoms. The molecule has 0 atom stereocenters. The number of halogens is 1. The Balaban J connectivity index is 2.40. The third-order valence-electron chi connectivity index (χ3n) is 1.61. The fraction of sp³-hybridized carbons (Fsp3) is 0.400. The number of rotatable bonds is 4. The number of pyridine rings is 1. The summed E-state index contributed by atoms with van der Waals surface area (Å²) in [4.78, 5) is 15.3. The van der Waals surface area contributed by atoms with Gasteiger partial charge in [-0.25, -0.2) is 0 Å². The zero-order chi connectivity index (χ0) is 11.3. The Labute approximate surface area is 97.6 Å². The third-order valence-corrected chi connectivity index (χ3v) is 2.04. The summed E-state index contributed by atoms with van der Waals surface area (Å²) < 4.78 is 0.886. The Bertz CT molecular complexity index is 341. The normalized spacial score (nSPS) is 10.1. The Morgan fingerprint density at radius 3 is 2.87 bits per heavy atom. The molecule has 0 saturated carbocycles. The Kier molecular flexibility index (Phi) is 4.55. The summed E-state index contributed by atoms with van der Waals surface area (Å²) in [5, 5.41) is 5.78. The molecule has 1 amide bonds. The molecule has 5 heteroatoms. The third kappa shape index (κ3) is 4.78. The number of aromatic nitrogens is 1. The standard InChI is InChI=1S/C10H14BrN3O/c1-7(2)14-10(15)6-13-9-3-8(11)4-12-5-9/h3-5,7,13H,6H2,1-2H3,(H,14,15). The molecule has 0 aliphatic rings. The number of anilines is 1. The highest BCUT2D eigenvalue weighted by atomic mass is 79.9. The number of hydrogen-bond donors (Lipinski definition) is 2. The van der Waals surface area contributed by atoms with E-state index in [0.717, 1.165) is 10.2 Å². The van der Waals surface area contributed by atoms with Gasteiger partial charge in [-0.15, -0.1) is 0 Å². The molecule has 0 unspecified atom stereocenters. The van der Waals surface area contributed by atoms with Gasteiger partial charge in [0.2, 0.25) is 5.91 Å². The molecule has 15 heavy (non-hydrogen) atoms. The van der Waals surface area contributed by atoms with Crippen molar-refractivity contribution in [1.82, 2.24) is 10.3 Å². The average Bonchev–Trinajstić information content (AvgIpc) is 2.14. The molecular formula is C10H14BrN3O. The zero-order valence-corrected chi connectivity index (χ0v) is 10.3. The van der Waals surface area contributed by atoms with Gasteiger partial charge in [-0.05, 0) is 35.8 Å². The highest BCUT2D eigenvalue weighted by Crippen LogP contribution is 2.12. The molecule has 0 aromatic carbocycles. The first-order valence-corrected chi connectivity index (χ1v) is 5.51. The summed E-state index contributed by atoms with van der Waals surface area (Å²) in [7, 11) is 0. The summed E-state index contributed by atoms with van der Waals surface area (Å²) in [5.74, 6) is -0.0232. The predicted molar refractivity (Wildman–Crippen MR) is 63.7 cm³/mol. The van der Waals surface area contributed by atoms with Crippen LogP contribution in [0.15, 0.2) is 22.9 Å². The van der Waals surface area contributed by atoms with E-state index in [-0.39, 0.29) is 18.5 Å². The van der Waals surface area contributed by atoms with Crippen LogP contribution in [-0.2, 0) is 4.79 Å². The number of amides is 1. The van der Waals surface area contributed by atoms with Crippen LogP contribution in [0, 0.1) is 0 Å². The van der Waals surface area contributed by atoms with Crippen molar-refractivity contribution >= 4 is 27.5 Å². The van der Waals surface area contributed by atoms with E-state index in [1.54, 1.807) is 12.4 Å². The maximum absolute atomic E-state index is 11.3. The smallest absolute Gasteiger partial charge is 0.239 e. The maximum Gasteiger partial charge on any atom is 0.239 e. The van der Waals surface area contributed by atoms with Gasteiger partial charge < -0.3 is 10.6 Å². The van der Waals surface area contributed by atoms with Gasteiger partial charge in [0.1, 0.15) is 0 Å². The predicted octanol–water partition coefficient (Wildman–Crippen LogP) is 1.78. The number of carbonyl (C=O) groups excluding carboxylic acids is 1. The molecule has 1 rings (SSSR count). The quantitative estimate of drug-likeness (QED) is 0.878. The minimum Gasteiger partial charge on any atom is -0.375 e. The number of nitrogens with zero attached hydrogens (tertiary/aromatic N) is 1. The van der Waals surface area contributed by atoms with Crippen LogP contribution in [0.3, 0.4) is 0 Å². The maximum atomic E-state index is 11.3. The summed E-state index contributed by atoms with van der Waals surface area (Å²) in [6.07, 6.45) is 3.37. The van der Waals surface area contributed by atoms with Crippen molar-refractivity contribution < 1.29 is 4.79 Å². The van der Waals surface area contributed by atoms with Gasteiger partial charge in [-0.3, -0.25) is 9.78 Å². The number of nitrogens with one attached hydrogen (secondary N) is 2. The van der Waals surface area contributed by atoms with Gasteiger partial charge >= 0.3 is 0 Å². The molecule has 0 fully saturated rings. The summed E-state index contributed by atoms with van der Waals surface area (Å²) in [6, 6.07) is 2.04. The first-order chi connectivity index (χ1) is 7.08. The van der Waals surface area contributed by atoms with Crippen molar-refractivity contribution in [2.24, 2.45) is 0 Å². The highest BCUT2D eigenvalue weighted by Gasteiger charge is 2.02. The van der Waals surface area contributed by atoms with Gasteiger partial charge in [0.25, 0.3) is 0 Å². The minimum atomic E-state index is -0.0232. The summed E-state index contributed by atoms with van der Waals surface area (Å²) >= 11 is 3.31. The van der Waals surface area contributed by atoms with Crippen LogP contribution in [0.2, 0.25) is 0 Å². The van der Waals surface area contributed by atoms with Crippen molar-refractivity contribution in [3.05, 3.63) is 22.9 Å². The molecule has 82 valence electrons. The lowest BCUT2D eigenvalue weighted by atomic mass is 10.3. The monoisotopic (exact) mass is 271 g/mol. The van der Waals surface area contributed by atoms with Gasteiger partial charge in [0, 0.05) is 16.7 Å². The van der Waals surface area contributed by atoms with Crippen molar-refractivity contribution in [1.29, 1.82) is 0 Å². The van der Waals surface area contributed by atoms with Crippen LogP contribution in [-0.4, -0.2) is 23.5 Å². The van der Waals surface area contributed by atoms with Gasteiger partial charge in [-0.2, -0.15) is 0 Å². The number of hydrogen-bond acceptors (Lipinski definition) is 3. The second-order valence-electron chi connectivity index (χ2n) is 3.47. The molecule has 1 aromatic heterocycles. The van der Waals surface area contributed by atoms with Crippen LogP contribution >= 0.6 is 15.9 Å². The molecular weight excluding hydrogens is 258 g/mol. The van der Waals surface area contributed by atoms with Crippen LogP contribution in [0.1, 0.15) is 13.8 Å². The molecule has 0 saturated heterocycles. The van der Waals surface area contributed by atoms with Crippen molar-refractivity contribution in [2.45, 2.75) is 19.9 Å². The molecule has 0 radical (unpaired) electrons. The van der Waals surface area contributed by atoms with Crippen LogP contribution < -0.4 is 10.6 Å². The lowest BCUT2D eigenvalue weighted by molar-refractivity contribution is -0.119. The first-order valence-electron chi connectivity index (χ1n) is 4.71. The second kappa shape index (κ2) is 5.70. The lowest BCUT2D eigenvalue weighted by Gasteiger charge is -2.09. The van der Waals surface area contributed by atoms with Gasteiger partial charge in [0.15, 0.2) is 0 Å². The van der Waals surface area contributed by atoms with E-state index in [0.29, 0.717) is 0 Å². The zero-order valence-electron chi connectivity index (χ0n) is 8.75. The molecule has 4 nitrogen and oxygen atoms in total. The SMILES string of the molecule is CC(C)NC(=O)CNc1cncc(Br)c1. The second-order valence-corrected chi connectivity index (χ2v) is 4.38. The van der Waals surface area contributed by atoms with Crippen LogP contribution in [0.25, 0.3) is 0 Å². The van der Waals surface area contributed by atoms with Gasteiger partial charge in [-0.1, -0.05) is 0 Å². The first kappa shape index (κ1) is 12.0. The van der Waals surface area contributed by atoms with Crippen LogP contribution in [0.4, 0.5) is 5.69 Å². The van der Waals surface area contributed by atoms with E-state index in [9.17, 15) is 4.79 Å². The molecule has 0 spiro atoms. The molecule has 1 aromatic rings. The van der Waals surface area contributed by atoms with E-state index in [4.69, 9.17) is 0 Å². The van der Waals surface area contributed by atoms with E-state index in [1.807, 2.05) is 19.9 Å². The molecule has 0 aliphatic carbocycles. The lowest BCUT2D eigenvalue weighted by Crippen LogP contribution is -2.34. The highest BCUT2D eigenvalue weighted by molar-refractivity contribution is 9.10. The topological polar surface area (TPSA) is 54.0 Å². The molecule has 0 aliphatic heterocycles. The van der Waals surface area contributed by atoms with E-state index < -0.39 is 0 Å². The van der Waals surface area contributed by atoms with Gasteiger partial charge in [0.05, 0.1) is 18.4 Å². The molecule has 2 N–H and O–H groups in total. The van der Waals surface area contributed by atoms with E-state index in [2.05, 4.69) is 31.5 Å². The van der Waals surface area contributed by atoms with Crippen LogP contribution in [0.5, 0.6) is 0 Å². The van der Waals surface area contributed by atoms with Crippen molar-refractivity contribution in [3.63, 3.8) is 0 Å².